The first-order valence-electron chi connectivity index (χ1n) is 9.69. The quantitative estimate of drug-likeness (QED) is 0.758. The second kappa shape index (κ2) is 8.18. The molecular weight excluding hydrogens is 404 g/mol. The molecule has 8 heteroatoms. The van der Waals surface area contributed by atoms with Crippen molar-refractivity contribution in [2.75, 3.05) is 24.2 Å². The van der Waals surface area contributed by atoms with Crippen LogP contribution in [0.2, 0.25) is 0 Å². The van der Waals surface area contributed by atoms with Gasteiger partial charge in [0.2, 0.25) is 15.9 Å². The Balaban J connectivity index is 1.85. The number of carbonyl (C=O) groups is 1. The van der Waals surface area contributed by atoms with Gasteiger partial charge in [0.1, 0.15) is 23.6 Å². The molecule has 1 amide bonds. The molecule has 0 bridgehead atoms. The van der Waals surface area contributed by atoms with Gasteiger partial charge in [0.05, 0.1) is 25.1 Å². The fourth-order valence-corrected chi connectivity index (χ4v) is 4.49. The monoisotopic (exact) mass is 432 g/mol. The molecule has 0 unspecified atom stereocenters. The average Bonchev–Trinajstić information content (AvgIpc) is 2.65. The number of amides is 1. The molecule has 1 N–H and O–H groups in total. The molecule has 0 saturated heterocycles. The lowest BCUT2D eigenvalue weighted by molar-refractivity contribution is -0.120. The Morgan fingerprint density at radius 3 is 2.67 bits per heavy atom. The third kappa shape index (κ3) is 5.05. The van der Waals surface area contributed by atoms with Gasteiger partial charge in [0.15, 0.2) is 0 Å². The number of nitrogens with one attached hydrogen (secondary N) is 1. The molecule has 0 spiro atoms. The SMILES string of the molecule is COc1cccc(N(CC(=O)N[C@H]2CC(C)(C)Oc3ccc(C)cc32)S(C)(=O)=O)c1. The maximum absolute atomic E-state index is 12.9. The molecule has 0 radical (unpaired) electrons. The number of hydrogen-bond acceptors (Lipinski definition) is 5. The number of anilines is 1. The van der Waals surface area contributed by atoms with Crippen LogP contribution in [0.5, 0.6) is 11.5 Å². The molecule has 1 heterocycles. The van der Waals surface area contributed by atoms with Gasteiger partial charge in [-0.1, -0.05) is 23.8 Å². The van der Waals surface area contributed by atoms with Crippen molar-refractivity contribution in [1.29, 1.82) is 0 Å². The number of fused-ring (bicyclic) bond motifs is 1. The van der Waals surface area contributed by atoms with E-state index in [4.69, 9.17) is 9.47 Å². The van der Waals surface area contributed by atoms with Crippen molar-refractivity contribution in [2.45, 2.75) is 38.8 Å². The molecule has 1 atom stereocenters. The van der Waals surface area contributed by atoms with Gasteiger partial charge in [0.25, 0.3) is 0 Å². The van der Waals surface area contributed by atoms with Crippen LogP contribution in [0, 0.1) is 6.92 Å². The van der Waals surface area contributed by atoms with Crippen LogP contribution in [0.15, 0.2) is 42.5 Å². The second-order valence-corrected chi connectivity index (χ2v) is 10.1. The highest BCUT2D eigenvalue weighted by Gasteiger charge is 2.35. The topological polar surface area (TPSA) is 84.9 Å². The van der Waals surface area contributed by atoms with Gasteiger partial charge in [-0.05, 0) is 39.0 Å². The van der Waals surface area contributed by atoms with Gasteiger partial charge >= 0.3 is 0 Å². The van der Waals surface area contributed by atoms with Crippen LogP contribution in [0.25, 0.3) is 0 Å². The van der Waals surface area contributed by atoms with E-state index in [0.29, 0.717) is 17.9 Å². The summed E-state index contributed by atoms with van der Waals surface area (Å²) < 4.78 is 37.1. The number of ether oxygens (including phenoxy) is 2. The van der Waals surface area contributed by atoms with Crippen molar-refractivity contribution in [1.82, 2.24) is 5.32 Å². The molecule has 0 aromatic heterocycles. The van der Waals surface area contributed by atoms with Crippen LogP contribution in [-0.2, 0) is 14.8 Å². The van der Waals surface area contributed by atoms with Crippen molar-refractivity contribution >= 4 is 21.6 Å². The zero-order chi connectivity index (χ0) is 22.1. The van der Waals surface area contributed by atoms with E-state index < -0.39 is 21.5 Å². The Hall–Kier alpha value is -2.74. The molecule has 162 valence electrons. The molecule has 1 aliphatic heterocycles. The number of sulfonamides is 1. The molecule has 1 aliphatic rings. The Bertz CT molecular complexity index is 1050. The molecule has 7 nitrogen and oxygen atoms in total. The molecule has 30 heavy (non-hydrogen) atoms. The number of rotatable bonds is 6. The summed E-state index contributed by atoms with van der Waals surface area (Å²) >= 11 is 0. The van der Waals surface area contributed by atoms with Crippen LogP contribution < -0.4 is 19.1 Å². The second-order valence-electron chi connectivity index (χ2n) is 8.20. The van der Waals surface area contributed by atoms with Crippen molar-refractivity contribution in [3.05, 3.63) is 53.6 Å². The molecule has 2 aromatic rings. The van der Waals surface area contributed by atoms with E-state index in [1.165, 1.54) is 7.11 Å². The van der Waals surface area contributed by atoms with Crippen molar-refractivity contribution in [3.63, 3.8) is 0 Å². The minimum atomic E-state index is -3.68. The van der Waals surface area contributed by atoms with Gasteiger partial charge < -0.3 is 14.8 Å². The Labute approximate surface area is 178 Å². The Kier molecular flexibility index (Phi) is 5.99. The van der Waals surface area contributed by atoms with Crippen LogP contribution in [0.3, 0.4) is 0 Å². The number of benzene rings is 2. The highest BCUT2D eigenvalue weighted by atomic mass is 32.2. The zero-order valence-corrected chi connectivity index (χ0v) is 18.7. The summed E-state index contributed by atoms with van der Waals surface area (Å²) in [7, 11) is -2.17. The van der Waals surface area contributed by atoms with E-state index in [0.717, 1.165) is 27.4 Å². The summed E-state index contributed by atoms with van der Waals surface area (Å²) in [5.74, 6) is 0.852. The summed E-state index contributed by atoms with van der Waals surface area (Å²) in [6, 6.07) is 12.2. The first-order chi connectivity index (χ1) is 14.0. The summed E-state index contributed by atoms with van der Waals surface area (Å²) in [6.45, 7) is 5.58. The van der Waals surface area contributed by atoms with Crippen LogP contribution >= 0.6 is 0 Å². The lowest BCUT2D eigenvalue weighted by Gasteiger charge is -2.38. The largest absolute Gasteiger partial charge is 0.497 e. The van der Waals surface area contributed by atoms with Gasteiger partial charge in [-0.15, -0.1) is 0 Å². The number of methoxy groups -OCH3 is 1. The van der Waals surface area contributed by atoms with Crippen LogP contribution in [0.4, 0.5) is 5.69 Å². The predicted molar refractivity (Wildman–Crippen MR) is 117 cm³/mol. The first kappa shape index (κ1) is 22.0. The van der Waals surface area contributed by atoms with Crippen LogP contribution in [0.1, 0.15) is 37.4 Å². The maximum Gasteiger partial charge on any atom is 0.241 e. The minimum Gasteiger partial charge on any atom is -0.497 e. The fourth-order valence-electron chi connectivity index (χ4n) is 3.64. The zero-order valence-electron chi connectivity index (χ0n) is 17.9. The highest BCUT2D eigenvalue weighted by Crippen LogP contribution is 2.39. The Morgan fingerprint density at radius 1 is 1.27 bits per heavy atom. The smallest absolute Gasteiger partial charge is 0.241 e. The molecule has 0 fully saturated rings. The van der Waals surface area contributed by atoms with Gasteiger partial charge in [-0.2, -0.15) is 0 Å². The van der Waals surface area contributed by atoms with Crippen molar-refractivity contribution < 1.29 is 22.7 Å². The van der Waals surface area contributed by atoms with E-state index in [1.807, 2.05) is 39.0 Å². The Morgan fingerprint density at radius 2 is 2.00 bits per heavy atom. The summed E-state index contributed by atoms with van der Waals surface area (Å²) in [5.41, 5.74) is 1.87. The van der Waals surface area contributed by atoms with Crippen molar-refractivity contribution in [3.8, 4) is 11.5 Å². The number of aryl methyl sites for hydroxylation is 1. The standard InChI is InChI=1S/C22H28N2O5S/c1-15-9-10-20-18(11-15)19(13-22(2,3)29-20)23-21(25)14-24(30(5,26)27)16-7-6-8-17(12-16)28-4/h6-12,19H,13-14H2,1-5H3,(H,23,25)/t19-/m0/s1. The molecular formula is C22H28N2O5S. The third-order valence-corrected chi connectivity index (χ3v) is 6.13. The average molecular weight is 433 g/mol. The van der Waals surface area contributed by atoms with E-state index in [2.05, 4.69) is 5.32 Å². The van der Waals surface area contributed by atoms with E-state index >= 15 is 0 Å². The molecule has 0 aliphatic carbocycles. The summed E-state index contributed by atoms with van der Waals surface area (Å²) in [5, 5.41) is 3.00. The maximum atomic E-state index is 12.9. The minimum absolute atomic E-state index is 0.275. The van der Waals surface area contributed by atoms with Gasteiger partial charge in [-0.3, -0.25) is 9.10 Å². The highest BCUT2D eigenvalue weighted by molar-refractivity contribution is 7.92. The predicted octanol–water partition coefficient (Wildman–Crippen LogP) is 3.19. The number of hydrogen-bond donors (Lipinski definition) is 1. The number of carbonyl (C=O) groups excluding carboxylic acids is 1. The number of nitrogens with zero attached hydrogens (tertiary/aromatic N) is 1. The summed E-state index contributed by atoms with van der Waals surface area (Å²) in [6.07, 6.45) is 1.66. The summed E-state index contributed by atoms with van der Waals surface area (Å²) in [4.78, 5) is 12.9. The van der Waals surface area contributed by atoms with Gasteiger partial charge in [0, 0.05) is 18.1 Å². The third-order valence-electron chi connectivity index (χ3n) is 4.99. The van der Waals surface area contributed by atoms with Crippen molar-refractivity contribution in [2.24, 2.45) is 0 Å². The molecule has 0 saturated carbocycles. The van der Waals surface area contributed by atoms with E-state index in [1.54, 1.807) is 24.3 Å². The van der Waals surface area contributed by atoms with E-state index in [-0.39, 0.29) is 12.6 Å². The first-order valence-corrected chi connectivity index (χ1v) is 11.5. The molecule has 3 rings (SSSR count). The van der Waals surface area contributed by atoms with E-state index in [9.17, 15) is 13.2 Å². The lowest BCUT2D eigenvalue weighted by atomic mass is 9.89. The fraction of sp³-hybridized carbons (Fsp3) is 0.409. The molecule has 2 aromatic carbocycles. The lowest BCUT2D eigenvalue weighted by Crippen LogP contribution is -2.45. The van der Waals surface area contributed by atoms with Gasteiger partial charge in [-0.25, -0.2) is 8.42 Å². The normalized spacial score (nSPS) is 17.4. The van der Waals surface area contributed by atoms with Crippen LogP contribution in [-0.4, -0.2) is 39.8 Å².